The van der Waals surface area contributed by atoms with Crippen molar-refractivity contribution in [3.63, 3.8) is 0 Å². The predicted molar refractivity (Wildman–Crippen MR) is 146 cm³/mol. The third-order valence-corrected chi connectivity index (χ3v) is 8.65. The van der Waals surface area contributed by atoms with E-state index in [0.717, 1.165) is 6.08 Å². The molecule has 1 saturated heterocycles. The molecule has 7 unspecified atom stereocenters. The molecule has 1 aliphatic carbocycles. The van der Waals surface area contributed by atoms with Crippen LogP contribution in [0, 0.1) is 5.92 Å². The lowest BCUT2D eigenvalue weighted by molar-refractivity contribution is -0.235. The van der Waals surface area contributed by atoms with Gasteiger partial charge in [0.2, 0.25) is 12.0 Å². The molecule has 13 atom stereocenters. The third kappa shape index (κ3) is 9.73. The monoisotopic (exact) mass is 676 g/mol. The van der Waals surface area contributed by atoms with E-state index < -0.39 is 108 Å². The van der Waals surface area contributed by atoms with Crippen LogP contribution >= 0.6 is 0 Å². The van der Waals surface area contributed by atoms with E-state index in [0.29, 0.717) is 6.42 Å². The second-order valence-corrected chi connectivity index (χ2v) is 12.5. The first-order valence-electron chi connectivity index (χ1n) is 14.5. The Hall–Kier alpha value is -1.56. The molecule has 2 aliphatic heterocycles. The molecule has 0 aromatic carbocycles. The maximum absolute atomic E-state index is 11.3. The van der Waals surface area contributed by atoms with E-state index in [2.05, 4.69) is 4.18 Å². The summed E-state index contributed by atoms with van der Waals surface area (Å²) in [7, 11) is -5.03. The highest BCUT2D eigenvalue weighted by Gasteiger charge is 2.61. The summed E-state index contributed by atoms with van der Waals surface area (Å²) in [5.41, 5.74) is -1.27. The molecule has 0 aromatic rings. The highest BCUT2D eigenvalue weighted by Crippen LogP contribution is 2.51. The molecule has 3 rings (SSSR count). The standard InChI is InChI=1S/C26H44O18S/c1-12-9-26(12,40-11-18-21(32)22(44-45(36,37)38)19(30)13(2)41-18)23(33)17(10-28)42-14(4-3-6-27)5-7-39-25-20(31)15(29)8-16(43-25)24(34)35/h8,12-15,17-23,25,27-33H,3-7,9-11H2,1-2H3,(H,34,35)(H,36,37,38)/t12?,13?,14-,15?,17?,18-,19+,20?,21?,22?,23+,25+,26+/m0/s1. The highest BCUT2D eigenvalue weighted by molar-refractivity contribution is 7.80. The van der Waals surface area contributed by atoms with Gasteiger partial charge in [0.1, 0.15) is 48.8 Å². The van der Waals surface area contributed by atoms with Crippen molar-refractivity contribution in [2.24, 2.45) is 5.92 Å². The largest absolute Gasteiger partial charge is 0.475 e. The molecular weight excluding hydrogens is 632 g/mol. The van der Waals surface area contributed by atoms with Crippen LogP contribution in [0.5, 0.6) is 0 Å². The number of aliphatic carboxylic acids is 1. The van der Waals surface area contributed by atoms with Gasteiger partial charge >= 0.3 is 16.4 Å². The number of rotatable bonds is 18. The zero-order valence-corrected chi connectivity index (χ0v) is 25.6. The minimum absolute atomic E-state index is 0.0822. The van der Waals surface area contributed by atoms with Crippen LogP contribution in [-0.4, -0.2) is 159 Å². The van der Waals surface area contributed by atoms with Crippen LogP contribution in [0.15, 0.2) is 11.8 Å². The molecule has 262 valence electrons. The topological polar surface area (TPSA) is 289 Å². The van der Waals surface area contributed by atoms with Crippen LogP contribution in [-0.2, 0) is 43.1 Å². The smallest absolute Gasteiger partial charge is 0.397 e. The fourth-order valence-electron chi connectivity index (χ4n) is 5.46. The Balaban J connectivity index is 1.62. The van der Waals surface area contributed by atoms with E-state index in [-0.39, 0.29) is 38.4 Å². The van der Waals surface area contributed by atoms with Gasteiger partial charge in [0.15, 0.2) is 0 Å². The molecular formula is C26H44O18S. The molecule has 2 fully saturated rings. The fraction of sp³-hybridized carbons (Fsp3) is 0.885. The number of hydrogen-bond acceptors (Lipinski definition) is 16. The second kappa shape index (κ2) is 16.0. The Kier molecular flexibility index (Phi) is 13.5. The first-order chi connectivity index (χ1) is 21.0. The lowest BCUT2D eigenvalue weighted by Crippen LogP contribution is -2.59. The summed E-state index contributed by atoms with van der Waals surface area (Å²) in [5, 5.41) is 80.7. The molecule has 18 nitrogen and oxygen atoms in total. The Morgan fingerprint density at radius 1 is 1.11 bits per heavy atom. The predicted octanol–water partition coefficient (Wildman–Crippen LogP) is -3.19. The van der Waals surface area contributed by atoms with E-state index in [9.17, 15) is 49.0 Å². The lowest BCUT2D eigenvalue weighted by atomic mass is 9.96. The van der Waals surface area contributed by atoms with Crippen LogP contribution in [0.2, 0.25) is 0 Å². The van der Waals surface area contributed by atoms with Gasteiger partial charge in [0, 0.05) is 6.61 Å². The van der Waals surface area contributed by atoms with Crippen LogP contribution in [0.1, 0.15) is 39.5 Å². The first-order valence-corrected chi connectivity index (χ1v) is 15.9. The quantitative estimate of drug-likeness (QED) is 0.0646. The van der Waals surface area contributed by atoms with Gasteiger partial charge < -0.3 is 64.5 Å². The summed E-state index contributed by atoms with van der Waals surface area (Å²) < 4.78 is 64.0. The third-order valence-electron chi connectivity index (χ3n) is 8.18. The number of aliphatic hydroxyl groups is 7. The van der Waals surface area contributed by atoms with Crippen LogP contribution < -0.4 is 0 Å². The Morgan fingerprint density at radius 2 is 1.78 bits per heavy atom. The molecule has 2 heterocycles. The Morgan fingerprint density at radius 3 is 2.33 bits per heavy atom. The average Bonchev–Trinajstić information content (AvgIpc) is 3.64. The van der Waals surface area contributed by atoms with Crippen molar-refractivity contribution in [3.05, 3.63) is 11.8 Å². The van der Waals surface area contributed by atoms with E-state index >= 15 is 0 Å². The van der Waals surface area contributed by atoms with E-state index in [1.165, 1.54) is 6.92 Å². The number of aliphatic hydroxyl groups excluding tert-OH is 7. The minimum atomic E-state index is -5.03. The maximum atomic E-state index is 11.3. The molecule has 9 N–H and O–H groups in total. The molecule has 45 heavy (non-hydrogen) atoms. The molecule has 3 aliphatic rings. The van der Waals surface area contributed by atoms with E-state index in [4.69, 9.17) is 33.3 Å². The summed E-state index contributed by atoms with van der Waals surface area (Å²) >= 11 is 0. The van der Waals surface area contributed by atoms with Crippen LogP contribution in [0.25, 0.3) is 0 Å². The van der Waals surface area contributed by atoms with Crippen molar-refractivity contribution < 1.29 is 86.5 Å². The summed E-state index contributed by atoms with van der Waals surface area (Å²) in [6.45, 7) is 1.73. The second-order valence-electron chi connectivity index (χ2n) is 11.5. The van der Waals surface area contributed by atoms with Crippen molar-refractivity contribution in [2.75, 3.05) is 26.4 Å². The Bertz CT molecular complexity index is 1100. The van der Waals surface area contributed by atoms with Gasteiger partial charge in [-0.3, -0.25) is 4.55 Å². The molecule has 0 spiro atoms. The zero-order valence-electron chi connectivity index (χ0n) is 24.8. The van der Waals surface area contributed by atoms with E-state index in [1.54, 1.807) is 6.92 Å². The van der Waals surface area contributed by atoms with Crippen molar-refractivity contribution in [3.8, 4) is 0 Å². The number of carbonyl (C=O) groups is 1. The number of hydrogen-bond donors (Lipinski definition) is 9. The van der Waals surface area contributed by atoms with Crippen molar-refractivity contribution >= 4 is 16.4 Å². The van der Waals surface area contributed by atoms with Crippen LogP contribution in [0.3, 0.4) is 0 Å². The molecule has 19 heteroatoms. The summed E-state index contributed by atoms with van der Waals surface area (Å²) in [5.74, 6) is -2.32. The number of carboxylic acid groups (broad SMARTS) is 1. The van der Waals surface area contributed by atoms with Gasteiger partial charge in [-0.25, -0.2) is 8.98 Å². The van der Waals surface area contributed by atoms with Gasteiger partial charge in [-0.1, -0.05) is 6.92 Å². The highest BCUT2D eigenvalue weighted by atomic mass is 32.3. The zero-order chi connectivity index (χ0) is 33.7. The SMILES string of the molecule is CC1O[C@@H](CO[C@]2([C@H](O)C(CO)O[C@@H](CCCO)CCO[C@@H]3OC(C(=O)O)=CC(O)C3O)CC2C)C(O)C(OS(=O)(=O)O)[C@@H]1O. The normalized spacial score (nSPS) is 37.3. The molecule has 0 aromatic heterocycles. The minimum Gasteiger partial charge on any atom is -0.475 e. The number of ether oxygens (including phenoxy) is 5. The van der Waals surface area contributed by atoms with Crippen molar-refractivity contribution in [2.45, 2.75) is 112 Å². The molecule has 0 bridgehead atoms. The van der Waals surface area contributed by atoms with E-state index in [1.807, 2.05) is 0 Å². The lowest BCUT2D eigenvalue weighted by Gasteiger charge is -2.41. The van der Waals surface area contributed by atoms with Gasteiger partial charge in [0.05, 0.1) is 37.6 Å². The first kappa shape index (κ1) is 37.9. The summed E-state index contributed by atoms with van der Waals surface area (Å²) in [6, 6.07) is 0. The number of carboxylic acids is 1. The summed E-state index contributed by atoms with van der Waals surface area (Å²) in [4.78, 5) is 11.2. The van der Waals surface area contributed by atoms with Crippen LogP contribution in [0.4, 0.5) is 0 Å². The van der Waals surface area contributed by atoms with Gasteiger partial charge in [-0.15, -0.1) is 0 Å². The van der Waals surface area contributed by atoms with Gasteiger partial charge in [0.25, 0.3) is 0 Å². The average molecular weight is 677 g/mol. The van der Waals surface area contributed by atoms with Gasteiger partial charge in [-0.2, -0.15) is 8.42 Å². The van der Waals surface area contributed by atoms with Crippen molar-refractivity contribution in [1.29, 1.82) is 0 Å². The molecule has 0 radical (unpaired) electrons. The fourth-order valence-corrected chi connectivity index (χ4v) is 5.97. The molecule has 0 amide bonds. The molecule has 1 saturated carbocycles. The van der Waals surface area contributed by atoms with Gasteiger partial charge in [-0.05, 0) is 44.6 Å². The van der Waals surface area contributed by atoms with Crippen molar-refractivity contribution in [1.82, 2.24) is 0 Å². The summed E-state index contributed by atoms with van der Waals surface area (Å²) in [6.07, 6.45) is -13.6. The maximum Gasteiger partial charge on any atom is 0.397 e. The Labute approximate surface area is 259 Å².